The SMILES string of the molecule is COc1ccc(Nc2nc(Cl)nc(Nc3ccc(-c4nc5ccc(C)cc5s4)cc3)n2)cc1S(=O)(=O)O. The van der Waals surface area contributed by atoms with Crippen molar-refractivity contribution in [1.29, 1.82) is 0 Å². The number of benzene rings is 3. The van der Waals surface area contributed by atoms with E-state index in [2.05, 4.69) is 38.6 Å². The summed E-state index contributed by atoms with van der Waals surface area (Å²) in [4.78, 5) is 16.7. The summed E-state index contributed by atoms with van der Waals surface area (Å²) >= 11 is 7.72. The molecule has 0 saturated heterocycles. The van der Waals surface area contributed by atoms with Crippen molar-refractivity contribution < 1.29 is 17.7 Å². The highest BCUT2D eigenvalue weighted by molar-refractivity contribution is 7.86. The predicted octanol–water partition coefficient (Wildman–Crippen LogP) is 5.85. The molecule has 5 rings (SSSR count). The Labute approximate surface area is 221 Å². The number of hydrogen-bond acceptors (Lipinski definition) is 10. The van der Waals surface area contributed by atoms with E-state index in [9.17, 15) is 13.0 Å². The molecule has 0 aliphatic rings. The van der Waals surface area contributed by atoms with Crippen LogP contribution in [0.1, 0.15) is 5.56 Å². The highest BCUT2D eigenvalue weighted by Gasteiger charge is 2.18. The van der Waals surface area contributed by atoms with Gasteiger partial charge in [-0.05, 0) is 78.7 Å². The van der Waals surface area contributed by atoms with Crippen LogP contribution in [0.25, 0.3) is 20.8 Å². The Morgan fingerprint density at radius 3 is 2.24 bits per heavy atom. The molecule has 3 N–H and O–H groups in total. The second kappa shape index (κ2) is 9.90. The molecule has 2 heterocycles. The lowest BCUT2D eigenvalue weighted by Crippen LogP contribution is -2.06. The first kappa shape index (κ1) is 24.8. The van der Waals surface area contributed by atoms with Crippen molar-refractivity contribution in [2.24, 2.45) is 0 Å². The summed E-state index contributed by atoms with van der Waals surface area (Å²) in [5, 5.41) is 6.78. The van der Waals surface area contributed by atoms with Gasteiger partial charge in [0.05, 0.1) is 17.3 Å². The number of thiazole rings is 1. The van der Waals surface area contributed by atoms with Crippen molar-refractivity contribution in [3.05, 3.63) is 71.5 Å². The zero-order valence-corrected chi connectivity index (χ0v) is 21.8. The van der Waals surface area contributed by atoms with Crippen LogP contribution in [0.2, 0.25) is 5.28 Å². The highest BCUT2D eigenvalue weighted by Crippen LogP contribution is 2.32. The van der Waals surface area contributed by atoms with Crippen LogP contribution in [-0.4, -0.2) is 40.0 Å². The average Bonchev–Trinajstić information content (AvgIpc) is 3.27. The minimum absolute atomic E-state index is 0.00603. The molecule has 0 amide bonds. The Bertz CT molecular complexity index is 1730. The lowest BCUT2D eigenvalue weighted by atomic mass is 10.2. The van der Waals surface area contributed by atoms with Gasteiger partial charge in [-0.1, -0.05) is 6.07 Å². The standard InChI is InChI=1S/C24H19ClN6O4S2/c1-13-3-9-17-19(11-13)36-21(28-17)14-4-6-15(7-5-14)26-23-29-22(25)30-24(31-23)27-16-8-10-18(35-2)20(12-16)37(32,33)34/h3-12H,1-2H3,(H,32,33,34)(H2,26,27,29,30,31). The number of aromatic nitrogens is 4. The van der Waals surface area contributed by atoms with Gasteiger partial charge in [-0.15, -0.1) is 11.3 Å². The maximum Gasteiger partial charge on any atom is 0.298 e. The van der Waals surface area contributed by atoms with Crippen LogP contribution in [0.15, 0.2) is 65.6 Å². The molecule has 0 atom stereocenters. The Morgan fingerprint density at radius 2 is 1.57 bits per heavy atom. The largest absolute Gasteiger partial charge is 0.495 e. The smallest absolute Gasteiger partial charge is 0.298 e. The number of fused-ring (bicyclic) bond motifs is 1. The summed E-state index contributed by atoms with van der Waals surface area (Å²) < 4.78 is 39.0. The van der Waals surface area contributed by atoms with E-state index >= 15 is 0 Å². The summed E-state index contributed by atoms with van der Waals surface area (Å²) in [6.45, 7) is 2.06. The van der Waals surface area contributed by atoms with Gasteiger partial charge >= 0.3 is 0 Å². The van der Waals surface area contributed by atoms with Crippen molar-refractivity contribution >= 4 is 66.5 Å². The van der Waals surface area contributed by atoms with Gasteiger partial charge in [-0.3, -0.25) is 4.55 Å². The van der Waals surface area contributed by atoms with Crippen molar-refractivity contribution in [2.75, 3.05) is 17.7 Å². The summed E-state index contributed by atoms with van der Waals surface area (Å²) in [6.07, 6.45) is 0. The van der Waals surface area contributed by atoms with Crippen LogP contribution < -0.4 is 15.4 Å². The molecular formula is C24H19ClN6O4S2. The Kier molecular flexibility index (Phi) is 6.65. The first-order valence-corrected chi connectivity index (χ1v) is 13.4. The van der Waals surface area contributed by atoms with Crippen LogP contribution >= 0.6 is 22.9 Å². The number of hydrogen-bond donors (Lipinski definition) is 3. The summed E-state index contributed by atoms with van der Waals surface area (Å²) in [5.74, 6) is 0.234. The fourth-order valence-electron chi connectivity index (χ4n) is 3.53. The average molecular weight is 555 g/mol. The fraction of sp³-hybridized carbons (Fsp3) is 0.0833. The number of nitrogens with one attached hydrogen (secondary N) is 2. The predicted molar refractivity (Wildman–Crippen MR) is 144 cm³/mol. The normalized spacial score (nSPS) is 11.5. The number of aryl methyl sites for hydroxylation is 1. The van der Waals surface area contributed by atoms with Gasteiger partial charge in [0.2, 0.25) is 17.2 Å². The molecule has 188 valence electrons. The zero-order chi connectivity index (χ0) is 26.2. The van der Waals surface area contributed by atoms with E-state index in [1.165, 1.54) is 24.8 Å². The molecular weight excluding hydrogens is 536 g/mol. The number of methoxy groups -OCH3 is 1. The number of ether oxygens (including phenoxy) is 1. The van der Waals surface area contributed by atoms with Crippen LogP contribution in [0.3, 0.4) is 0 Å². The second-order valence-electron chi connectivity index (χ2n) is 7.91. The molecule has 0 fully saturated rings. The number of rotatable bonds is 7. The third-order valence-electron chi connectivity index (χ3n) is 5.24. The minimum Gasteiger partial charge on any atom is -0.495 e. The highest BCUT2D eigenvalue weighted by atomic mass is 35.5. The monoisotopic (exact) mass is 554 g/mol. The van der Waals surface area contributed by atoms with Gasteiger partial charge in [0.1, 0.15) is 15.7 Å². The molecule has 5 aromatic rings. The van der Waals surface area contributed by atoms with Crippen molar-refractivity contribution in [3.8, 4) is 16.3 Å². The quantitative estimate of drug-likeness (QED) is 0.210. The van der Waals surface area contributed by atoms with Crippen LogP contribution in [0, 0.1) is 6.92 Å². The number of nitrogens with zero attached hydrogens (tertiary/aromatic N) is 4. The number of halogens is 1. The molecule has 3 aromatic carbocycles. The third kappa shape index (κ3) is 5.62. The van der Waals surface area contributed by atoms with E-state index in [0.717, 1.165) is 20.8 Å². The van der Waals surface area contributed by atoms with E-state index in [1.807, 2.05) is 36.4 Å². The molecule has 37 heavy (non-hydrogen) atoms. The van der Waals surface area contributed by atoms with Crippen molar-refractivity contribution in [1.82, 2.24) is 19.9 Å². The second-order valence-corrected chi connectivity index (χ2v) is 10.7. The van der Waals surface area contributed by atoms with Gasteiger partial charge < -0.3 is 15.4 Å². The summed E-state index contributed by atoms with van der Waals surface area (Å²) in [5.41, 5.74) is 4.14. The Morgan fingerprint density at radius 1 is 0.892 bits per heavy atom. The van der Waals surface area contributed by atoms with Crippen molar-refractivity contribution in [3.63, 3.8) is 0 Å². The van der Waals surface area contributed by atoms with E-state index in [1.54, 1.807) is 17.4 Å². The zero-order valence-electron chi connectivity index (χ0n) is 19.4. The van der Waals surface area contributed by atoms with Crippen LogP contribution in [-0.2, 0) is 10.1 Å². The van der Waals surface area contributed by atoms with Gasteiger partial charge in [0, 0.05) is 16.9 Å². The van der Waals surface area contributed by atoms with E-state index < -0.39 is 15.0 Å². The van der Waals surface area contributed by atoms with Gasteiger partial charge in [-0.2, -0.15) is 23.4 Å². The van der Waals surface area contributed by atoms with Crippen molar-refractivity contribution in [2.45, 2.75) is 11.8 Å². The molecule has 0 bridgehead atoms. The van der Waals surface area contributed by atoms with Gasteiger partial charge in [0.25, 0.3) is 10.1 Å². The van der Waals surface area contributed by atoms with Crippen LogP contribution in [0.4, 0.5) is 23.3 Å². The van der Waals surface area contributed by atoms with Crippen LogP contribution in [0.5, 0.6) is 5.75 Å². The molecule has 13 heteroatoms. The first-order valence-electron chi connectivity index (χ1n) is 10.8. The van der Waals surface area contributed by atoms with Gasteiger partial charge in [0.15, 0.2) is 0 Å². The Balaban J connectivity index is 1.35. The lowest BCUT2D eigenvalue weighted by molar-refractivity contribution is 0.397. The third-order valence-corrected chi connectivity index (χ3v) is 7.35. The molecule has 0 spiro atoms. The maximum absolute atomic E-state index is 11.7. The molecule has 0 aliphatic carbocycles. The molecule has 0 unspecified atom stereocenters. The Hall–Kier alpha value is -3.84. The summed E-state index contributed by atoms with van der Waals surface area (Å²) in [7, 11) is -3.21. The maximum atomic E-state index is 11.7. The molecule has 0 aliphatic heterocycles. The molecule has 0 radical (unpaired) electrons. The number of anilines is 4. The minimum atomic E-state index is -4.51. The van der Waals surface area contributed by atoms with Gasteiger partial charge in [-0.25, -0.2) is 4.98 Å². The van der Waals surface area contributed by atoms with E-state index in [4.69, 9.17) is 21.3 Å². The topological polar surface area (TPSA) is 139 Å². The van der Waals surface area contributed by atoms with E-state index in [0.29, 0.717) is 5.69 Å². The molecule has 10 nitrogen and oxygen atoms in total. The molecule has 0 saturated carbocycles. The molecule has 2 aromatic heterocycles. The fourth-order valence-corrected chi connectivity index (χ4v) is 5.44. The lowest BCUT2D eigenvalue weighted by Gasteiger charge is -2.11. The first-order chi connectivity index (χ1) is 17.7. The summed E-state index contributed by atoms with van der Waals surface area (Å²) in [6, 6.07) is 18.0. The van der Waals surface area contributed by atoms with E-state index in [-0.39, 0.29) is 28.6 Å².